The highest BCUT2D eigenvalue weighted by Crippen LogP contribution is 2.30. The first-order valence-electron chi connectivity index (χ1n) is 9.52. The lowest BCUT2D eigenvalue weighted by atomic mass is 9.88. The summed E-state index contributed by atoms with van der Waals surface area (Å²) in [5.41, 5.74) is 10.8. The highest BCUT2D eigenvalue weighted by molar-refractivity contribution is 5.99. The first-order chi connectivity index (χ1) is 13.8. The second-order valence-corrected chi connectivity index (χ2v) is 6.92. The second-order valence-electron chi connectivity index (χ2n) is 6.92. The Morgan fingerprint density at radius 1 is 1.21 bits per heavy atom. The van der Waals surface area contributed by atoms with E-state index >= 15 is 0 Å². The number of nitrogens with zero attached hydrogens (tertiary/aromatic N) is 4. The number of hydrogen-bond acceptors (Lipinski definition) is 5. The van der Waals surface area contributed by atoms with Gasteiger partial charge >= 0.3 is 0 Å². The molecule has 28 heavy (non-hydrogen) atoms. The fourth-order valence-corrected chi connectivity index (χ4v) is 3.72. The van der Waals surface area contributed by atoms with Crippen molar-refractivity contribution >= 4 is 5.84 Å². The van der Waals surface area contributed by atoms with Gasteiger partial charge in [0.1, 0.15) is 5.82 Å². The molecule has 6 heteroatoms. The molecule has 0 aromatic heterocycles. The van der Waals surface area contributed by atoms with Crippen molar-refractivity contribution in [3.05, 3.63) is 95.6 Å². The van der Waals surface area contributed by atoms with Gasteiger partial charge in [-0.15, -0.1) is 5.11 Å². The van der Waals surface area contributed by atoms with Crippen LogP contribution >= 0.6 is 0 Å². The number of rotatable bonds is 5. The number of aliphatic imine (C=N–C) groups is 1. The summed E-state index contributed by atoms with van der Waals surface area (Å²) in [6.07, 6.45) is 4.77. The molecule has 0 radical (unpaired) electrons. The van der Waals surface area contributed by atoms with Crippen LogP contribution in [0.1, 0.15) is 35.6 Å². The van der Waals surface area contributed by atoms with Crippen LogP contribution in [-0.4, -0.2) is 10.8 Å². The predicted octanol–water partition coefficient (Wildman–Crippen LogP) is 4.21. The van der Waals surface area contributed by atoms with Crippen LogP contribution in [0.5, 0.6) is 0 Å². The third kappa shape index (κ3) is 3.67. The summed E-state index contributed by atoms with van der Waals surface area (Å²) in [5.74, 6) is 1.09. The van der Waals surface area contributed by atoms with Gasteiger partial charge in [-0.05, 0) is 36.0 Å². The summed E-state index contributed by atoms with van der Waals surface area (Å²) in [5, 5.41) is 13.8. The van der Waals surface area contributed by atoms with Crippen LogP contribution in [-0.2, 0) is 13.0 Å². The van der Waals surface area contributed by atoms with E-state index in [9.17, 15) is 0 Å². The number of nitrogens with one attached hydrogen (secondary N) is 1. The lowest BCUT2D eigenvalue weighted by molar-refractivity contribution is 0.433. The number of benzene rings is 2. The Balaban J connectivity index is 1.57. The molecule has 0 fully saturated rings. The van der Waals surface area contributed by atoms with Gasteiger partial charge in [-0.3, -0.25) is 0 Å². The van der Waals surface area contributed by atoms with Crippen molar-refractivity contribution in [2.75, 3.05) is 0 Å². The fraction of sp³-hybridized carbons (Fsp3) is 0.227. The van der Waals surface area contributed by atoms with Crippen LogP contribution in [0.15, 0.2) is 94.2 Å². The van der Waals surface area contributed by atoms with Crippen molar-refractivity contribution in [2.24, 2.45) is 21.1 Å². The zero-order chi connectivity index (χ0) is 19.3. The summed E-state index contributed by atoms with van der Waals surface area (Å²) >= 11 is 0. The van der Waals surface area contributed by atoms with Crippen LogP contribution < -0.4 is 11.1 Å². The number of nitrogens with two attached hydrogens (primary N) is 1. The Kier molecular flexibility index (Phi) is 5.19. The van der Waals surface area contributed by atoms with E-state index in [-0.39, 0.29) is 6.04 Å². The molecule has 1 aliphatic heterocycles. The van der Waals surface area contributed by atoms with Crippen LogP contribution in [0.25, 0.3) is 0 Å². The molecule has 142 valence electrons. The summed E-state index contributed by atoms with van der Waals surface area (Å²) < 4.78 is 0. The SMILES string of the molecule is C=C/N=C1\C(=C(/N)NC2CCCc3ccccc32)N=NN1Cc1ccccc1. The lowest BCUT2D eigenvalue weighted by Crippen LogP contribution is -2.32. The predicted molar refractivity (Wildman–Crippen MR) is 111 cm³/mol. The van der Waals surface area contributed by atoms with Gasteiger partial charge in [0.05, 0.1) is 12.6 Å². The van der Waals surface area contributed by atoms with Crippen LogP contribution in [0, 0.1) is 0 Å². The Morgan fingerprint density at radius 2 is 2.00 bits per heavy atom. The second kappa shape index (κ2) is 8.08. The molecular weight excluding hydrogens is 348 g/mol. The quantitative estimate of drug-likeness (QED) is 0.825. The molecule has 1 aliphatic carbocycles. The van der Waals surface area contributed by atoms with Gasteiger partial charge in [0.2, 0.25) is 0 Å². The molecule has 1 unspecified atom stereocenters. The third-order valence-electron chi connectivity index (χ3n) is 5.05. The molecule has 0 saturated carbocycles. The minimum Gasteiger partial charge on any atom is -0.384 e. The zero-order valence-electron chi connectivity index (χ0n) is 15.8. The first kappa shape index (κ1) is 18.0. The molecule has 3 N–H and O–H groups in total. The fourth-order valence-electron chi connectivity index (χ4n) is 3.72. The van der Waals surface area contributed by atoms with Crippen LogP contribution in [0.4, 0.5) is 0 Å². The van der Waals surface area contributed by atoms with Crippen molar-refractivity contribution in [3.63, 3.8) is 0 Å². The summed E-state index contributed by atoms with van der Waals surface area (Å²) in [6.45, 7) is 4.29. The number of hydrogen-bond donors (Lipinski definition) is 2. The van der Waals surface area contributed by atoms with E-state index in [1.54, 1.807) is 5.01 Å². The Bertz CT molecular complexity index is 945. The smallest absolute Gasteiger partial charge is 0.182 e. The normalized spacial score (nSPS) is 21.5. The van der Waals surface area contributed by atoms with E-state index in [4.69, 9.17) is 5.73 Å². The molecule has 2 aromatic carbocycles. The van der Waals surface area contributed by atoms with Gasteiger partial charge in [0.25, 0.3) is 0 Å². The van der Waals surface area contributed by atoms with E-state index in [2.05, 4.69) is 51.5 Å². The summed E-state index contributed by atoms with van der Waals surface area (Å²) in [7, 11) is 0. The average Bonchev–Trinajstić information content (AvgIpc) is 3.12. The molecule has 0 bridgehead atoms. The van der Waals surface area contributed by atoms with Crippen molar-refractivity contribution in [3.8, 4) is 0 Å². The van der Waals surface area contributed by atoms with Gasteiger partial charge in [-0.25, -0.2) is 10.0 Å². The number of amidine groups is 1. The highest BCUT2D eigenvalue weighted by atomic mass is 15.6. The van der Waals surface area contributed by atoms with Gasteiger partial charge < -0.3 is 11.1 Å². The molecule has 0 amide bonds. The van der Waals surface area contributed by atoms with Crippen molar-refractivity contribution < 1.29 is 0 Å². The maximum atomic E-state index is 6.42. The topological polar surface area (TPSA) is 78.4 Å². The van der Waals surface area contributed by atoms with Gasteiger partial charge in [-0.1, -0.05) is 66.4 Å². The maximum Gasteiger partial charge on any atom is 0.182 e. The molecule has 6 nitrogen and oxygen atoms in total. The largest absolute Gasteiger partial charge is 0.384 e. The van der Waals surface area contributed by atoms with E-state index in [0.29, 0.717) is 23.9 Å². The van der Waals surface area contributed by atoms with Crippen molar-refractivity contribution in [2.45, 2.75) is 31.8 Å². The molecule has 1 atom stereocenters. The molecule has 0 spiro atoms. The van der Waals surface area contributed by atoms with Crippen molar-refractivity contribution in [1.82, 2.24) is 10.3 Å². The van der Waals surface area contributed by atoms with Gasteiger partial charge in [-0.2, -0.15) is 0 Å². The minimum atomic E-state index is 0.167. The van der Waals surface area contributed by atoms with E-state index in [1.807, 2.05) is 30.3 Å². The molecule has 2 aliphatic rings. The van der Waals surface area contributed by atoms with E-state index in [0.717, 1.165) is 24.8 Å². The molecule has 1 heterocycles. The minimum absolute atomic E-state index is 0.167. The third-order valence-corrected chi connectivity index (χ3v) is 5.05. The molecule has 2 aromatic rings. The number of aryl methyl sites for hydroxylation is 1. The van der Waals surface area contributed by atoms with Gasteiger partial charge in [0, 0.05) is 6.20 Å². The molecule has 4 rings (SSSR count). The Hall–Kier alpha value is -3.41. The Labute approximate surface area is 165 Å². The Morgan fingerprint density at radius 3 is 2.82 bits per heavy atom. The summed E-state index contributed by atoms with van der Waals surface area (Å²) in [6, 6.07) is 18.8. The lowest BCUT2D eigenvalue weighted by Gasteiger charge is -2.27. The highest BCUT2D eigenvalue weighted by Gasteiger charge is 2.27. The molecule has 0 saturated heterocycles. The zero-order valence-corrected chi connectivity index (χ0v) is 15.8. The van der Waals surface area contributed by atoms with E-state index < -0.39 is 0 Å². The van der Waals surface area contributed by atoms with Gasteiger partial charge in [0.15, 0.2) is 11.5 Å². The van der Waals surface area contributed by atoms with E-state index in [1.165, 1.54) is 17.3 Å². The van der Waals surface area contributed by atoms with Crippen LogP contribution in [0.3, 0.4) is 0 Å². The molecular formula is C22H24N6. The van der Waals surface area contributed by atoms with Crippen molar-refractivity contribution in [1.29, 1.82) is 0 Å². The summed E-state index contributed by atoms with van der Waals surface area (Å²) in [4.78, 5) is 4.38. The van der Waals surface area contributed by atoms with Crippen LogP contribution in [0.2, 0.25) is 0 Å². The average molecular weight is 372 g/mol. The number of fused-ring (bicyclic) bond motifs is 1. The standard InChI is InChI=1S/C22H24N6/c1-2-24-22-20(26-27-28(22)15-16-9-4-3-5-10-16)21(23)25-19-14-8-12-17-11-6-7-13-18(17)19/h2-7,9-11,13,19,25H,1,8,12,14-15,23H2/b21-20-,24-22+. The monoisotopic (exact) mass is 372 g/mol. The first-order valence-corrected chi connectivity index (χ1v) is 9.52. The maximum absolute atomic E-state index is 6.42.